The van der Waals surface area contributed by atoms with Gasteiger partial charge in [-0.15, -0.1) is 12.4 Å². The summed E-state index contributed by atoms with van der Waals surface area (Å²) in [5, 5.41) is 9.98. The van der Waals surface area contributed by atoms with E-state index < -0.39 is 5.97 Å². The molecule has 3 N–H and O–H groups in total. The molecule has 1 aromatic rings. The average molecular weight is 323 g/mol. The number of ether oxygens (including phenoxy) is 1. The summed E-state index contributed by atoms with van der Waals surface area (Å²) in [4.78, 5) is 13.9. The molecule has 0 bridgehead atoms. The van der Waals surface area contributed by atoms with Crippen molar-refractivity contribution in [2.24, 2.45) is 0 Å². The van der Waals surface area contributed by atoms with Gasteiger partial charge in [0.05, 0.1) is 5.69 Å². The number of phenolic OH excluding ortho intramolecular Hbond substituents is 1. The molecule has 0 aliphatic rings. The number of carbonyl (C=O) groups is 1. The number of halogens is 2. The lowest BCUT2D eigenvalue weighted by atomic mass is 10.2. The molecule has 1 aromatic carbocycles. The fourth-order valence-electron chi connectivity index (χ4n) is 1.66. The fourth-order valence-corrected chi connectivity index (χ4v) is 1.89. The van der Waals surface area contributed by atoms with E-state index in [-0.39, 0.29) is 41.0 Å². The number of carbonyl (C=O) groups excluding carboxylic acids is 1. The highest BCUT2D eigenvalue weighted by Crippen LogP contribution is 2.29. The van der Waals surface area contributed by atoms with Gasteiger partial charge in [-0.05, 0) is 25.2 Å². The summed E-state index contributed by atoms with van der Waals surface area (Å²) in [6.45, 7) is 6.76. The number of nitrogens with zero attached hydrogens (tertiary/aromatic N) is 1. The number of hydrogen-bond acceptors (Lipinski definition) is 5. The van der Waals surface area contributed by atoms with Crippen LogP contribution < -0.4 is 5.73 Å². The molecular weight excluding hydrogens is 303 g/mol. The lowest BCUT2D eigenvalue weighted by Gasteiger charge is -2.17. The number of aromatic hydroxyl groups is 1. The minimum absolute atomic E-state index is 0. The van der Waals surface area contributed by atoms with Crippen LogP contribution in [0.15, 0.2) is 12.1 Å². The van der Waals surface area contributed by atoms with Gasteiger partial charge in [0.15, 0.2) is 5.75 Å². The summed E-state index contributed by atoms with van der Waals surface area (Å²) in [6.07, 6.45) is 0. The molecule has 0 spiro atoms. The largest absolute Gasteiger partial charge is 0.505 e. The van der Waals surface area contributed by atoms with Crippen molar-refractivity contribution in [3.8, 4) is 5.75 Å². The Bertz CT molecular complexity index is 451. The van der Waals surface area contributed by atoms with Gasteiger partial charge in [0.25, 0.3) is 0 Å². The molecule has 0 heterocycles. The quantitative estimate of drug-likeness (QED) is 0.478. The Morgan fingerprint density at radius 1 is 1.40 bits per heavy atom. The molecule has 0 unspecified atom stereocenters. The lowest BCUT2D eigenvalue weighted by molar-refractivity contribution is 0.0463. The van der Waals surface area contributed by atoms with Gasteiger partial charge in [0.1, 0.15) is 12.2 Å². The monoisotopic (exact) mass is 322 g/mol. The first-order valence-corrected chi connectivity index (χ1v) is 6.54. The fraction of sp³-hybridized carbons (Fsp3) is 0.462. The van der Waals surface area contributed by atoms with E-state index >= 15 is 0 Å². The number of hydrogen-bond donors (Lipinski definition) is 2. The van der Waals surface area contributed by atoms with Crippen LogP contribution in [-0.2, 0) is 4.74 Å². The van der Waals surface area contributed by atoms with Crippen molar-refractivity contribution in [1.29, 1.82) is 0 Å². The van der Waals surface area contributed by atoms with E-state index in [2.05, 4.69) is 4.90 Å². The Labute approximate surface area is 130 Å². The van der Waals surface area contributed by atoms with Gasteiger partial charge in [0, 0.05) is 11.6 Å². The molecule has 0 saturated carbocycles. The molecule has 0 aromatic heterocycles. The van der Waals surface area contributed by atoms with Gasteiger partial charge in [-0.2, -0.15) is 0 Å². The molecule has 1 rings (SSSR count). The first-order valence-electron chi connectivity index (χ1n) is 6.17. The highest BCUT2D eigenvalue weighted by molar-refractivity contribution is 6.31. The van der Waals surface area contributed by atoms with E-state index in [1.54, 1.807) is 0 Å². The lowest BCUT2D eigenvalue weighted by Crippen LogP contribution is -2.27. The van der Waals surface area contributed by atoms with Crippen LogP contribution in [0.1, 0.15) is 24.2 Å². The van der Waals surface area contributed by atoms with Crippen LogP contribution in [0.2, 0.25) is 5.02 Å². The van der Waals surface area contributed by atoms with Crippen LogP contribution in [0.25, 0.3) is 0 Å². The number of esters is 1. The standard InChI is InChI=1S/C13H19ClN2O3.ClH/c1-3-16(4-2)5-6-19-13(18)10-7-9(14)8-11(15)12(10)17;/h7-8,17H,3-6,15H2,1-2H3;1H. The molecule has 114 valence electrons. The third kappa shape index (κ3) is 5.07. The maximum absolute atomic E-state index is 11.8. The smallest absolute Gasteiger partial charge is 0.342 e. The van der Waals surface area contributed by atoms with Gasteiger partial charge in [-0.3, -0.25) is 0 Å². The zero-order valence-corrected chi connectivity index (χ0v) is 13.1. The SMILES string of the molecule is CCN(CC)CCOC(=O)c1cc(Cl)cc(N)c1O.Cl. The number of nitrogens with two attached hydrogens (primary N) is 1. The molecule has 0 radical (unpaired) electrons. The van der Waals surface area contributed by atoms with Crippen LogP contribution >= 0.6 is 24.0 Å². The second-order valence-electron chi connectivity index (χ2n) is 4.05. The van der Waals surface area contributed by atoms with E-state index in [0.29, 0.717) is 6.54 Å². The number of benzene rings is 1. The highest BCUT2D eigenvalue weighted by atomic mass is 35.5. The first-order chi connectivity index (χ1) is 8.99. The van der Waals surface area contributed by atoms with Gasteiger partial charge >= 0.3 is 5.97 Å². The molecule has 20 heavy (non-hydrogen) atoms. The zero-order valence-electron chi connectivity index (χ0n) is 11.6. The summed E-state index contributed by atoms with van der Waals surface area (Å²) in [5.41, 5.74) is 5.58. The second-order valence-corrected chi connectivity index (χ2v) is 4.49. The third-order valence-electron chi connectivity index (χ3n) is 2.86. The maximum atomic E-state index is 11.8. The van der Waals surface area contributed by atoms with E-state index in [1.807, 2.05) is 13.8 Å². The minimum atomic E-state index is -0.626. The van der Waals surface area contributed by atoms with Crippen molar-refractivity contribution in [2.75, 3.05) is 32.0 Å². The molecule has 0 atom stereocenters. The van der Waals surface area contributed by atoms with Crippen LogP contribution in [-0.4, -0.2) is 42.2 Å². The van der Waals surface area contributed by atoms with E-state index in [9.17, 15) is 9.90 Å². The van der Waals surface area contributed by atoms with Crippen molar-refractivity contribution < 1.29 is 14.6 Å². The average Bonchev–Trinajstić information content (AvgIpc) is 2.38. The van der Waals surface area contributed by atoms with Crippen molar-refractivity contribution in [1.82, 2.24) is 4.90 Å². The molecule has 0 saturated heterocycles. The minimum Gasteiger partial charge on any atom is -0.505 e. The van der Waals surface area contributed by atoms with E-state index in [4.69, 9.17) is 22.1 Å². The number of phenols is 1. The van der Waals surface area contributed by atoms with Crippen molar-refractivity contribution in [3.05, 3.63) is 22.7 Å². The summed E-state index contributed by atoms with van der Waals surface area (Å²) < 4.78 is 5.10. The Morgan fingerprint density at radius 3 is 2.55 bits per heavy atom. The van der Waals surface area contributed by atoms with Crippen LogP contribution in [0.3, 0.4) is 0 Å². The number of anilines is 1. The molecule has 0 aliphatic carbocycles. The second kappa shape index (κ2) is 8.89. The Balaban J connectivity index is 0.00000361. The van der Waals surface area contributed by atoms with Gasteiger partial charge < -0.3 is 20.5 Å². The molecular formula is C13H20Cl2N2O3. The van der Waals surface area contributed by atoms with Crippen LogP contribution in [0.5, 0.6) is 5.75 Å². The summed E-state index contributed by atoms with van der Waals surface area (Å²) in [5.74, 6) is -0.920. The first kappa shape index (κ1) is 18.8. The summed E-state index contributed by atoms with van der Waals surface area (Å²) >= 11 is 5.79. The Kier molecular flexibility index (Phi) is 8.37. The molecule has 5 nitrogen and oxygen atoms in total. The van der Waals surface area contributed by atoms with Crippen molar-refractivity contribution in [2.45, 2.75) is 13.8 Å². The normalized spacial score (nSPS) is 10.2. The Hall–Kier alpha value is -1.17. The van der Waals surface area contributed by atoms with Crippen LogP contribution in [0, 0.1) is 0 Å². The predicted molar refractivity (Wildman–Crippen MR) is 82.8 cm³/mol. The van der Waals surface area contributed by atoms with Crippen molar-refractivity contribution >= 4 is 35.7 Å². The summed E-state index contributed by atoms with van der Waals surface area (Å²) in [7, 11) is 0. The summed E-state index contributed by atoms with van der Waals surface area (Å²) in [6, 6.07) is 2.72. The van der Waals surface area contributed by atoms with Crippen LogP contribution in [0.4, 0.5) is 5.69 Å². The van der Waals surface area contributed by atoms with E-state index in [0.717, 1.165) is 13.1 Å². The number of likely N-dealkylation sites (N-methyl/N-ethyl adjacent to an activating group) is 1. The number of nitrogen functional groups attached to an aromatic ring is 1. The van der Waals surface area contributed by atoms with Gasteiger partial charge in [-0.25, -0.2) is 4.79 Å². The third-order valence-corrected chi connectivity index (χ3v) is 3.08. The highest BCUT2D eigenvalue weighted by Gasteiger charge is 2.16. The maximum Gasteiger partial charge on any atom is 0.342 e. The Morgan fingerprint density at radius 2 is 2.00 bits per heavy atom. The van der Waals surface area contributed by atoms with Gasteiger partial charge in [0.2, 0.25) is 0 Å². The van der Waals surface area contributed by atoms with Crippen molar-refractivity contribution in [3.63, 3.8) is 0 Å². The molecule has 7 heteroatoms. The topological polar surface area (TPSA) is 75.8 Å². The molecule has 0 amide bonds. The van der Waals surface area contributed by atoms with E-state index in [1.165, 1.54) is 12.1 Å². The molecule has 0 aliphatic heterocycles. The molecule has 0 fully saturated rings. The predicted octanol–water partition coefficient (Wildman–Crippen LogP) is 2.55. The zero-order chi connectivity index (χ0) is 14.4. The number of rotatable bonds is 6. The van der Waals surface area contributed by atoms with Gasteiger partial charge in [-0.1, -0.05) is 25.4 Å².